The number of alkyl halides is 3. The molecule has 3 amide bonds. The Hall–Kier alpha value is -3.84. The molecule has 0 radical (unpaired) electrons. The van der Waals surface area contributed by atoms with Crippen molar-refractivity contribution in [1.29, 1.82) is 0 Å². The first-order valence-corrected chi connectivity index (χ1v) is 23.3. The maximum Gasteiger partial charge on any atom is 0.398 e. The number of carbonyl (C=O) groups excluding carboxylic acids is 3. The number of likely N-dealkylation sites (tertiary alicyclic amines) is 3. The maximum absolute atomic E-state index is 14.9. The first-order valence-electron chi connectivity index (χ1n) is 23.3. The van der Waals surface area contributed by atoms with E-state index >= 15 is 0 Å². The third-order valence-corrected chi connectivity index (χ3v) is 16.8. The molecule has 3 unspecified atom stereocenters. The van der Waals surface area contributed by atoms with Gasteiger partial charge < -0.3 is 40.1 Å². The Labute approximate surface area is 372 Å². The second-order valence-corrected chi connectivity index (χ2v) is 21.1. The van der Waals surface area contributed by atoms with Crippen molar-refractivity contribution < 1.29 is 52.0 Å². The van der Waals surface area contributed by atoms with Crippen molar-refractivity contribution in [1.82, 2.24) is 35.1 Å². The molecule has 10 rings (SSSR count). The summed E-state index contributed by atoms with van der Waals surface area (Å²) in [7, 11) is 0. The molecule has 0 aromatic carbocycles. The SMILES string of the molecule is C[C@@H](OCC12CCC(CC1)OC2)[C@H](NC(=O)[C@@H]1CN(C(=O)c2cnn(CC3(C)C=CC=CC3C(=O)O)c2)CC12CN(C(O)C1(C(F)(F)F)CC1)C2)C(=O)N1CCC2(CCNCC2)CC1. The van der Waals surface area contributed by atoms with Crippen LogP contribution >= 0.6 is 0 Å². The summed E-state index contributed by atoms with van der Waals surface area (Å²) < 4.78 is 56.7. The first-order chi connectivity index (χ1) is 30.4. The molecule has 18 heteroatoms. The Kier molecular flexibility index (Phi) is 11.9. The molecule has 6 saturated heterocycles. The van der Waals surface area contributed by atoms with E-state index in [2.05, 4.69) is 15.7 Å². The van der Waals surface area contributed by atoms with Crippen molar-refractivity contribution in [3.63, 3.8) is 0 Å². The van der Waals surface area contributed by atoms with Crippen molar-refractivity contribution in [2.75, 3.05) is 65.6 Å². The van der Waals surface area contributed by atoms with Crippen molar-refractivity contribution >= 4 is 23.7 Å². The fourth-order valence-corrected chi connectivity index (χ4v) is 12.2. The van der Waals surface area contributed by atoms with Crippen LogP contribution in [0.2, 0.25) is 0 Å². The molecule has 15 nitrogen and oxygen atoms in total. The minimum atomic E-state index is -4.61. The minimum Gasteiger partial charge on any atom is -0.481 e. The van der Waals surface area contributed by atoms with E-state index in [1.54, 1.807) is 44.3 Å². The standard InChI is InChI=1S/C46H64F3N7O8/c1-30(63-28-43-9-6-32(7-10-43)64-29-43)35(38(59)53-19-15-42(16-20-53)13-17-50-18-14-42)52-36(57)34-23-54(25-44(34)26-55(27-44)40(62)45(11-12-45)46(47,48)49)37(58)31-21-51-56(22-31)24-41(2)8-4-3-5-33(41)39(60)61/h3-5,8,21-22,30,32-35,40,50,62H,6-7,9-20,23-29H2,1-2H3,(H,52,57)(H,60,61)/t30-,32?,33?,34+,35+,40?,41?,43?/m1/s1. The number of hydrogen-bond donors (Lipinski definition) is 4. The van der Waals surface area contributed by atoms with Crippen LogP contribution in [0.5, 0.6) is 0 Å². The van der Waals surface area contributed by atoms with Gasteiger partial charge in [0.25, 0.3) is 5.91 Å². The molecule has 6 atom stereocenters. The number of ether oxygens (including phenoxy) is 2. The van der Waals surface area contributed by atoms with E-state index in [0.717, 1.165) is 64.5 Å². The maximum atomic E-state index is 14.9. The van der Waals surface area contributed by atoms with Gasteiger partial charge in [-0.2, -0.15) is 18.3 Å². The zero-order valence-corrected chi connectivity index (χ0v) is 37.0. The Morgan fingerprint density at radius 2 is 1.70 bits per heavy atom. The van der Waals surface area contributed by atoms with E-state index in [9.17, 15) is 42.6 Å². The number of allylic oxidation sites excluding steroid dienone is 3. The van der Waals surface area contributed by atoms with Gasteiger partial charge in [-0.15, -0.1) is 0 Å². The average Bonchev–Trinajstić information content (AvgIpc) is 3.82. The molecule has 8 fully saturated rings. The largest absolute Gasteiger partial charge is 0.481 e. The third-order valence-electron chi connectivity index (χ3n) is 16.8. The summed E-state index contributed by atoms with van der Waals surface area (Å²) in [6, 6.07) is -1.06. The molecule has 9 aliphatic rings. The topological polar surface area (TPSA) is 179 Å². The van der Waals surface area contributed by atoms with E-state index in [4.69, 9.17) is 9.47 Å². The van der Waals surface area contributed by atoms with Crippen molar-refractivity contribution in [3.8, 4) is 0 Å². The number of amides is 3. The lowest BCUT2D eigenvalue weighted by Gasteiger charge is -2.53. The number of carbonyl (C=O) groups is 4. The quantitative estimate of drug-likeness (QED) is 0.228. The summed E-state index contributed by atoms with van der Waals surface area (Å²) in [4.78, 5) is 60.7. The number of aliphatic hydroxyl groups excluding tert-OH is 1. The highest BCUT2D eigenvalue weighted by atomic mass is 19.4. The van der Waals surface area contributed by atoms with Gasteiger partial charge in [0.1, 0.15) is 17.7 Å². The lowest BCUT2D eigenvalue weighted by molar-refractivity contribution is -0.256. The molecule has 2 spiro atoms. The number of nitrogens with one attached hydrogen (secondary N) is 2. The van der Waals surface area contributed by atoms with Crippen molar-refractivity contribution in [2.24, 2.45) is 38.9 Å². The highest BCUT2D eigenvalue weighted by molar-refractivity contribution is 5.95. The van der Waals surface area contributed by atoms with Gasteiger partial charge in [-0.1, -0.05) is 31.2 Å². The van der Waals surface area contributed by atoms with Crippen LogP contribution in [0.3, 0.4) is 0 Å². The number of rotatable bonds is 13. The summed E-state index contributed by atoms with van der Waals surface area (Å²) in [5.41, 5.74) is -3.86. The van der Waals surface area contributed by atoms with Crippen molar-refractivity contribution in [3.05, 3.63) is 42.3 Å². The Balaban J connectivity index is 0.946. The van der Waals surface area contributed by atoms with Gasteiger partial charge >= 0.3 is 12.1 Å². The Bertz CT molecular complexity index is 1990. The number of carboxylic acids is 1. The summed E-state index contributed by atoms with van der Waals surface area (Å²) >= 11 is 0. The van der Waals surface area contributed by atoms with Gasteiger partial charge in [0.15, 0.2) is 0 Å². The van der Waals surface area contributed by atoms with Crippen molar-refractivity contribution in [2.45, 2.75) is 115 Å². The van der Waals surface area contributed by atoms with Crippen LogP contribution < -0.4 is 10.6 Å². The monoisotopic (exact) mass is 899 g/mol. The van der Waals surface area contributed by atoms with Gasteiger partial charge in [0.05, 0.1) is 55.6 Å². The molecule has 1 aromatic rings. The number of carboxylic acid groups (broad SMARTS) is 1. The third kappa shape index (κ3) is 8.32. The number of fused-ring (bicyclic) bond motifs is 3. The number of aliphatic hydroxyl groups is 1. The molecule has 2 saturated carbocycles. The van der Waals surface area contributed by atoms with Gasteiger partial charge in [0.2, 0.25) is 11.8 Å². The van der Waals surface area contributed by atoms with Gasteiger partial charge in [-0.05, 0) is 89.6 Å². The molecular formula is C46H64F3N7O8. The Morgan fingerprint density at radius 1 is 1.00 bits per heavy atom. The molecule has 7 heterocycles. The molecule has 3 aliphatic carbocycles. The molecule has 2 bridgehead atoms. The molecular weight excluding hydrogens is 836 g/mol. The molecule has 352 valence electrons. The Morgan fingerprint density at radius 3 is 2.33 bits per heavy atom. The highest BCUT2D eigenvalue weighted by Gasteiger charge is 2.71. The van der Waals surface area contributed by atoms with Crippen LogP contribution in [-0.4, -0.2) is 155 Å². The van der Waals surface area contributed by atoms with Gasteiger partial charge in [-0.25, -0.2) is 0 Å². The van der Waals surface area contributed by atoms with Crippen LogP contribution in [0.4, 0.5) is 13.2 Å². The zero-order valence-electron chi connectivity index (χ0n) is 37.0. The number of nitrogens with zero attached hydrogens (tertiary/aromatic N) is 5. The number of hydrogen-bond acceptors (Lipinski definition) is 10. The fourth-order valence-electron chi connectivity index (χ4n) is 12.2. The fraction of sp³-hybridized carbons (Fsp3) is 0.761. The van der Waals surface area contributed by atoms with Gasteiger partial charge in [0, 0.05) is 61.7 Å². The molecule has 1 aromatic heterocycles. The van der Waals surface area contributed by atoms with Crippen LogP contribution in [0.1, 0.15) is 88.4 Å². The summed E-state index contributed by atoms with van der Waals surface area (Å²) in [6.07, 6.45) is 10.2. The van der Waals surface area contributed by atoms with Crippen LogP contribution in [0.15, 0.2) is 36.7 Å². The zero-order chi connectivity index (χ0) is 45.3. The predicted octanol–water partition coefficient (Wildman–Crippen LogP) is 3.59. The van der Waals surface area contributed by atoms with Crippen LogP contribution in [0, 0.1) is 38.9 Å². The smallest absolute Gasteiger partial charge is 0.398 e. The average molecular weight is 900 g/mol. The summed E-state index contributed by atoms with van der Waals surface area (Å²) in [5, 5.41) is 32.0. The number of aromatic nitrogens is 2. The second-order valence-electron chi connectivity index (χ2n) is 21.1. The minimum absolute atomic E-state index is 0.0287. The predicted molar refractivity (Wildman–Crippen MR) is 225 cm³/mol. The molecule has 64 heavy (non-hydrogen) atoms. The highest BCUT2D eigenvalue weighted by Crippen LogP contribution is 2.62. The van der Waals surface area contributed by atoms with E-state index in [1.165, 1.54) is 20.7 Å². The molecule has 4 N–H and O–H groups in total. The molecule has 6 aliphatic heterocycles. The lowest BCUT2D eigenvalue weighted by Crippen LogP contribution is -2.68. The summed E-state index contributed by atoms with van der Waals surface area (Å²) in [5.74, 6) is -3.91. The second kappa shape index (κ2) is 16.8. The van der Waals surface area contributed by atoms with E-state index in [0.29, 0.717) is 26.3 Å². The number of piperidine rings is 2. The normalized spacial score (nSPS) is 32.9. The van der Waals surface area contributed by atoms with E-state index in [-0.39, 0.29) is 74.0 Å². The first kappa shape index (κ1) is 45.3. The van der Waals surface area contributed by atoms with E-state index < -0.39 is 70.4 Å². The lowest BCUT2D eigenvalue weighted by atomic mass is 9.70. The van der Waals surface area contributed by atoms with Crippen LogP contribution in [0.25, 0.3) is 0 Å². The number of halogens is 3. The summed E-state index contributed by atoms with van der Waals surface area (Å²) in [6.45, 7) is 7.57. The number of aliphatic carboxylic acids is 1. The van der Waals surface area contributed by atoms with Gasteiger partial charge in [-0.3, -0.25) is 28.8 Å². The van der Waals surface area contributed by atoms with E-state index in [1.807, 2.05) is 4.90 Å². The van der Waals surface area contributed by atoms with Crippen LogP contribution in [-0.2, 0) is 30.4 Å².